The predicted octanol–water partition coefficient (Wildman–Crippen LogP) is 2.49. The van der Waals surface area contributed by atoms with Gasteiger partial charge in [0.15, 0.2) is 0 Å². The molecule has 0 bridgehead atoms. The van der Waals surface area contributed by atoms with Gasteiger partial charge in [-0.2, -0.15) is 5.26 Å². The zero-order chi connectivity index (χ0) is 19.7. The van der Waals surface area contributed by atoms with Crippen LogP contribution in [0.2, 0.25) is 0 Å². The second-order valence-electron chi connectivity index (χ2n) is 7.72. The fourth-order valence-corrected chi connectivity index (χ4v) is 4.22. The standard InChI is InChI=1S/C21H24FN5O/c1-14-4-5-19-18(3-2-7-24-19)21(14)25-16-6-8-26(12-16)13-20(28)27-11-15(22)9-17(27)10-23/h2-5,7,15-17,25H,6,8-9,11-13H2,1H3/t15-,16-,17?/m0/s1. The third-order valence-corrected chi connectivity index (χ3v) is 5.69. The van der Waals surface area contributed by atoms with Crippen LogP contribution < -0.4 is 5.32 Å². The molecule has 4 rings (SSSR count). The van der Waals surface area contributed by atoms with Gasteiger partial charge in [0.2, 0.25) is 5.91 Å². The second kappa shape index (κ2) is 7.72. The minimum Gasteiger partial charge on any atom is -0.380 e. The highest BCUT2D eigenvalue weighted by molar-refractivity contribution is 5.93. The highest BCUT2D eigenvalue weighted by Gasteiger charge is 2.36. The summed E-state index contributed by atoms with van der Waals surface area (Å²) in [5.41, 5.74) is 3.21. The number of anilines is 1. The van der Waals surface area contributed by atoms with Gasteiger partial charge in [-0.1, -0.05) is 6.07 Å². The first kappa shape index (κ1) is 18.6. The number of halogens is 1. The first-order valence-corrected chi connectivity index (χ1v) is 9.71. The minimum atomic E-state index is -1.09. The SMILES string of the molecule is Cc1ccc2ncccc2c1N[C@H]1CCN(CC(=O)N2C[C@@H](F)CC2C#N)C1. The van der Waals surface area contributed by atoms with Gasteiger partial charge < -0.3 is 10.2 Å². The van der Waals surface area contributed by atoms with E-state index < -0.39 is 12.2 Å². The molecule has 7 heteroatoms. The lowest BCUT2D eigenvalue weighted by Crippen LogP contribution is -2.42. The molecule has 1 aromatic carbocycles. The maximum Gasteiger partial charge on any atom is 0.237 e. The Morgan fingerprint density at radius 1 is 1.39 bits per heavy atom. The van der Waals surface area contributed by atoms with E-state index in [1.165, 1.54) is 4.90 Å². The Hall–Kier alpha value is -2.72. The van der Waals surface area contributed by atoms with Crippen molar-refractivity contribution in [3.05, 3.63) is 36.0 Å². The van der Waals surface area contributed by atoms with Crippen LogP contribution in [-0.2, 0) is 4.79 Å². The van der Waals surface area contributed by atoms with E-state index in [4.69, 9.17) is 5.26 Å². The van der Waals surface area contributed by atoms with E-state index in [2.05, 4.69) is 34.3 Å². The Balaban J connectivity index is 1.40. The van der Waals surface area contributed by atoms with Crippen molar-refractivity contribution < 1.29 is 9.18 Å². The summed E-state index contributed by atoms with van der Waals surface area (Å²) >= 11 is 0. The predicted molar refractivity (Wildman–Crippen MR) is 106 cm³/mol. The number of likely N-dealkylation sites (tertiary alicyclic amines) is 2. The third kappa shape index (κ3) is 3.65. The Kier molecular flexibility index (Phi) is 5.14. The lowest BCUT2D eigenvalue weighted by Gasteiger charge is -2.23. The van der Waals surface area contributed by atoms with E-state index in [0.29, 0.717) is 0 Å². The molecule has 1 unspecified atom stereocenters. The number of hydrogen-bond donors (Lipinski definition) is 1. The molecule has 3 heterocycles. The summed E-state index contributed by atoms with van der Waals surface area (Å²) < 4.78 is 13.6. The Morgan fingerprint density at radius 2 is 2.25 bits per heavy atom. The molecule has 2 fully saturated rings. The number of nitrogens with zero attached hydrogens (tertiary/aromatic N) is 4. The summed E-state index contributed by atoms with van der Waals surface area (Å²) in [7, 11) is 0. The van der Waals surface area contributed by atoms with Crippen molar-refractivity contribution in [3.8, 4) is 6.07 Å². The highest BCUT2D eigenvalue weighted by Crippen LogP contribution is 2.28. The van der Waals surface area contributed by atoms with Crippen LogP contribution in [0.25, 0.3) is 10.9 Å². The molecule has 0 spiro atoms. The van der Waals surface area contributed by atoms with Crippen LogP contribution >= 0.6 is 0 Å². The number of hydrogen-bond acceptors (Lipinski definition) is 5. The number of fused-ring (bicyclic) bond motifs is 1. The molecule has 2 aliphatic heterocycles. The summed E-state index contributed by atoms with van der Waals surface area (Å²) in [6.45, 7) is 3.89. The minimum absolute atomic E-state index is 0.0365. The maximum absolute atomic E-state index is 13.6. The molecule has 2 saturated heterocycles. The van der Waals surface area contributed by atoms with Gasteiger partial charge in [0.05, 0.1) is 24.7 Å². The first-order chi connectivity index (χ1) is 13.5. The van der Waals surface area contributed by atoms with Gasteiger partial charge in [-0.05, 0) is 37.1 Å². The van der Waals surface area contributed by atoms with Gasteiger partial charge in [0.1, 0.15) is 12.2 Å². The van der Waals surface area contributed by atoms with Crippen LogP contribution in [0.1, 0.15) is 18.4 Å². The van der Waals surface area contributed by atoms with Gasteiger partial charge >= 0.3 is 0 Å². The van der Waals surface area contributed by atoms with Crippen molar-refractivity contribution in [2.75, 3.05) is 31.5 Å². The molecule has 0 radical (unpaired) electrons. The van der Waals surface area contributed by atoms with Crippen molar-refractivity contribution in [3.63, 3.8) is 0 Å². The Morgan fingerprint density at radius 3 is 3.07 bits per heavy atom. The molecular formula is C21H24FN5O. The lowest BCUT2D eigenvalue weighted by molar-refractivity contribution is -0.132. The molecule has 146 valence electrons. The molecule has 1 N–H and O–H groups in total. The molecule has 1 aromatic heterocycles. The molecule has 28 heavy (non-hydrogen) atoms. The van der Waals surface area contributed by atoms with Gasteiger partial charge in [-0.15, -0.1) is 0 Å². The first-order valence-electron chi connectivity index (χ1n) is 9.71. The van der Waals surface area contributed by atoms with Crippen molar-refractivity contribution in [1.82, 2.24) is 14.8 Å². The van der Waals surface area contributed by atoms with E-state index in [9.17, 15) is 9.18 Å². The van der Waals surface area contributed by atoms with Crippen LogP contribution in [0, 0.1) is 18.3 Å². The molecule has 2 aromatic rings. The number of alkyl halides is 1. The van der Waals surface area contributed by atoms with Gasteiger partial charge in [-0.25, -0.2) is 4.39 Å². The summed E-state index contributed by atoms with van der Waals surface area (Å²) in [6.07, 6.45) is 1.75. The maximum atomic E-state index is 13.6. The molecule has 1 amide bonds. The van der Waals surface area contributed by atoms with Crippen LogP contribution in [0.4, 0.5) is 10.1 Å². The number of rotatable bonds is 4. The zero-order valence-corrected chi connectivity index (χ0v) is 15.9. The Bertz CT molecular complexity index is 927. The van der Waals surface area contributed by atoms with Crippen LogP contribution in [0.3, 0.4) is 0 Å². The van der Waals surface area contributed by atoms with Crippen molar-refractivity contribution >= 4 is 22.5 Å². The number of carbonyl (C=O) groups is 1. The summed E-state index contributed by atoms with van der Waals surface area (Å²) in [5.74, 6) is -0.155. The number of benzene rings is 1. The van der Waals surface area contributed by atoms with Crippen LogP contribution in [-0.4, -0.2) is 65.1 Å². The van der Waals surface area contributed by atoms with Gasteiger partial charge in [0, 0.05) is 42.8 Å². The number of pyridine rings is 1. The zero-order valence-electron chi connectivity index (χ0n) is 15.9. The molecule has 2 aliphatic rings. The summed E-state index contributed by atoms with van der Waals surface area (Å²) in [6, 6.07) is 9.73. The normalized spacial score (nSPS) is 25.2. The van der Waals surface area contributed by atoms with E-state index in [-0.39, 0.29) is 31.5 Å². The number of carbonyl (C=O) groups excluding carboxylic acids is 1. The van der Waals surface area contributed by atoms with Crippen molar-refractivity contribution in [1.29, 1.82) is 5.26 Å². The molecule has 6 nitrogen and oxygen atoms in total. The summed E-state index contributed by atoms with van der Waals surface area (Å²) in [4.78, 5) is 20.4. The fourth-order valence-electron chi connectivity index (χ4n) is 4.22. The van der Waals surface area contributed by atoms with E-state index >= 15 is 0 Å². The van der Waals surface area contributed by atoms with Gasteiger partial charge in [0.25, 0.3) is 0 Å². The topological polar surface area (TPSA) is 72.3 Å². The smallest absolute Gasteiger partial charge is 0.237 e. The van der Waals surface area contributed by atoms with Crippen molar-refractivity contribution in [2.24, 2.45) is 0 Å². The number of nitrogens with one attached hydrogen (secondary N) is 1. The molecule has 3 atom stereocenters. The average Bonchev–Trinajstić information content (AvgIpc) is 3.30. The van der Waals surface area contributed by atoms with Crippen LogP contribution in [0.5, 0.6) is 0 Å². The Labute approximate surface area is 163 Å². The third-order valence-electron chi connectivity index (χ3n) is 5.69. The number of nitriles is 1. The van der Waals surface area contributed by atoms with Crippen LogP contribution in [0.15, 0.2) is 30.5 Å². The lowest BCUT2D eigenvalue weighted by atomic mass is 10.1. The summed E-state index contributed by atoms with van der Waals surface area (Å²) in [5, 5.41) is 13.9. The molecular weight excluding hydrogens is 357 g/mol. The number of aryl methyl sites for hydroxylation is 1. The van der Waals surface area contributed by atoms with Crippen molar-refractivity contribution in [2.45, 2.75) is 38.0 Å². The molecule has 0 saturated carbocycles. The number of amides is 1. The second-order valence-corrected chi connectivity index (χ2v) is 7.72. The van der Waals surface area contributed by atoms with E-state index in [1.807, 2.05) is 18.2 Å². The fraction of sp³-hybridized carbons (Fsp3) is 0.476. The van der Waals surface area contributed by atoms with Gasteiger partial charge in [-0.3, -0.25) is 14.7 Å². The number of aromatic nitrogens is 1. The quantitative estimate of drug-likeness (QED) is 0.881. The van der Waals surface area contributed by atoms with E-state index in [1.54, 1.807) is 6.20 Å². The monoisotopic (exact) mass is 381 g/mol. The molecule has 0 aliphatic carbocycles. The largest absolute Gasteiger partial charge is 0.380 e. The van der Waals surface area contributed by atoms with E-state index in [0.717, 1.165) is 41.7 Å². The highest BCUT2D eigenvalue weighted by atomic mass is 19.1. The average molecular weight is 381 g/mol.